The van der Waals surface area contributed by atoms with Crippen LogP contribution in [0, 0.1) is 13.8 Å². The summed E-state index contributed by atoms with van der Waals surface area (Å²) < 4.78 is 0. The molecule has 1 nitrogen and oxygen atoms in total. The highest BCUT2D eigenvalue weighted by molar-refractivity contribution is 6.31. The second-order valence-electron chi connectivity index (χ2n) is 4.11. The molecule has 76 valence electrons. The van der Waals surface area contributed by atoms with E-state index in [-0.39, 0.29) is 0 Å². The molecular weight excluding hydrogens is 194 g/mol. The fraction of sp³-hybridized carbons (Fsp3) is 0.500. The molecule has 1 heterocycles. The lowest BCUT2D eigenvalue weighted by Crippen LogP contribution is -2.14. The topological polar surface area (TPSA) is 12.0 Å². The Hall–Kier alpha value is -0.530. The highest BCUT2D eigenvalue weighted by Gasteiger charge is 2.19. The van der Waals surface area contributed by atoms with Crippen LogP contribution < -0.4 is 5.32 Å². The number of benzene rings is 1. The summed E-state index contributed by atoms with van der Waals surface area (Å²) in [6.45, 7) is 5.34. The zero-order chi connectivity index (χ0) is 10.1. The van der Waals surface area contributed by atoms with Crippen molar-refractivity contribution in [2.24, 2.45) is 0 Å². The highest BCUT2D eigenvalue weighted by atomic mass is 35.5. The van der Waals surface area contributed by atoms with E-state index >= 15 is 0 Å². The summed E-state index contributed by atoms with van der Waals surface area (Å²) in [4.78, 5) is 0. The normalized spacial score (nSPS) is 21.5. The van der Waals surface area contributed by atoms with Crippen LogP contribution in [0.1, 0.15) is 35.6 Å². The smallest absolute Gasteiger partial charge is 0.0441 e. The summed E-state index contributed by atoms with van der Waals surface area (Å²) in [7, 11) is 0. The monoisotopic (exact) mass is 209 g/mol. The predicted molar refractivity (Wildman–Crippen MR) is 60.9 cm³/mol. The Labute approximate surface area is 90.5 Å². The fourth-order valence-corrected chi connectivity index (χ4v) is 2.43. The minimum absolute atomic E-state index is 0.521. The van der Waals surface area contributed by atoms with Crippen molar-refractivity contribution in [3.05, 3.63) is 33.8 Å². The standard InChI is InChI=1S/C12H16ClN/c1-8-6-10(9(2)11(13)7-8)12-4-3-5-14-12/h6-7,12,14H,3-5H2,1-2H3. The largest absolute Gasteiger partial charge is 0.310 e. The van der Waals surface area contributed by atoms with Gasteiger partial charge in [0, 0.05) is 11.1 Å². The van der Waals surface area contributed by atoms with Gasteiger partial charge in [-0.25, -0.2) is 0 Å². The Morgan fingerprint density at radius 3 is 2.79 bits per heavy atom. The molecular formula is C12H16ClN. The second-order valence-corrected chi connectivity index (χ2v) is 4.52. The Morgan fingerprint density at radius 1 is 1.36 bits per heavy atom. The molecule has 2 heteroatoms. The zero-order valence-corrected chi connectivity index (χ0v) is 9.49. The van der Waals surface area contributed by atoms with E-state index < -0.39 is 0 Å². The molecule has 0 aromatic heterocycles. The third-order valence-corrected chi connectivity index (χ3v) is 3.36. The molecule has 0 spiro atoms. The van der Waals surface area contributed by atoms with E-state index in [0.29, 0.717) is 6.04 Å². The van der Waals surface area contributed by atoms with Gasteiger partial charge in [-0.1, -0.05) is 17.7 Å². The molecule has 1 unspecified atom stereocenters. The molecule has 1 aliphatic heterocycles. The molecule has 0 amide bonds. The maximum absolute atomic E-state index is 6.17. The first kappa shape index (κ1) is 10.0. The lowest BCUT2D eigenvalue weighted by atomic mass is 9.98. The maximum Gasteiger partial charge on any atom is 0.0441 e. The van der Waals surface area contributed by atoms with E-state index in [1.165, 1.54) is 29.5 Å². The van der Waals surface area contributed by atoms with Crippen molar-refractivity contribution >= 4 is 11.6 Å². The molecule has 0 aliphatic carbocycles. The molecule has 1 aromatic rings. The third-order valence-electron chi connectivity index (χ3n) is 2.96. The van der Waals surface area contributed by atoms with Gasteiger partial charge in [-0.3, -0.25) is 0 Å². The van der Waals surface area contributed by atoms with Gasteiger partial charge >= 0.3 is 0 Å². The van der Waals surface area contributed by atoms with Crippen LogP contribution in [-0.2, 0) is 0 Å². The van der Waals surface area contributed by atoms with Gasteiger partial charge in [0.05, 0.1) is 0 Å². The number of rotatable bonds is 1. The van der Waals surface area contributed by atoms with Crippen molar-refractivity contribution < 1.29 is 0 Å². The first-order valence-electron chi connectivity index (χ1n) is 5.18. The Bertz CT molecular complexity index is 340. The van der Waals surface area contributed by atoms with Gasteiger partial charge in [-0.15, -0.1) is 0 Å². The molecule has 1 saturated heterocycles. The zero-order valence-electron chi connectivity index (χ0n) is 8.73. The van der Waals surface area contributed by atoms with E-state index in [2.05, 4.69) is 25.2 Å². The van der Waals surface area contributed by atoms with Crippen LogP contribution in [0.3, 0.4) is 0 Å². The van der Waals surface area contributed by atoms with Gasteiger partial charge in [-0.2, -0.15) is 0 Å². The Balaban J connectivity index is 2.40. The molecule has 0 radical (unpaired) electrons. The van der Waals surface area contributed by atoms with Gasteiger partial charge in [0.15, 0.2) is 0 Å². The quantitative estimate of drug-likeness (QED) is 0.748. The van der Waals surface area contributed by atoms with Crippen LogP contribution in [0.25, 0.3) is 0 Å². The lowest BCUT2D eigenvalue weighted by molar-refractivity contribution is 0.643. The highest BCUT2D eigenvalue weighted by Crippen LogP contribution is 2.30. The predicted octanol–water partition coefficient (Wildman–Crippen LogP) is 3.38. The van der Waals surface area contributed by atoms with Gasteiger partial charge in [0.25, 0.3) is 0 Å². The molecule has 0 bridgehead atoms. The molecule has 2 rings (SSSR count). The molecule has 1 aromatic carbocycles. The molecule has 14 heavy (non-hydrogen) atoms. The van der Waals surface area contributed by atoms with Crippen molar-refractivity contribution in [2.45, 2.75) is 32.7 Å². The van der Waals surface area contributed by atoms with Crippen molar-refractivity contribution in [2.75, 3.05) is 6.54 Å². The van der Waals surface area contributed by atoms with Gasteiger partial charge < -0.3 is 5.32 Å². The molecule has 1 aliphatic rings. The van der Waals surface area contributed by atoms with Crippen LogP contribution >= 0.6 is 11.6 Å². The minimum atomic E-state index is 0.521. The first-order valence-corrected chi connectivity index (χ1v) is 5.56. The van der Waals surface area contributed by atoms with Crippen molar-refractivity contribution in [1.29, 1.82) is 0 Å². The lowest BCUT2D eigenvalue weighted by Gasteiger charge is -2.15. The molecule has 0 saturated carbocycles. The third kappa shape index (κ3) is 1.79. The summed E-state index contributed by atoms with van der Waals surface area (Å²) in [6, 6.07) is 4.81. The van der Waals surface area contributed by atoms with Crippen LogP contribution in [0.15, 0.2) is 12.1 Å². The molecule has 1 fully saturated rings. The van der Waals surface area contributed by atoms with Crippen LogP contribution in [-0.4, -0.2) is 6.54 Å². The average molecular weight is 210 g/mol. The Kier molecular flexibility index (Phi) is 2.80. The number of aryl methyl sites for hydroxylation is 1. The van der Waals surface area contributed by atoms with Crippen LogP contribution in [0.2, 0.25) is 5.02 Å². The Morgan fingerprint density at radius 2 is 2.14 bits per heavy atom. The van der Waals surface area contributed by atoms with E-state index in [4.69, 9.17) is 11.6 Å². The maximum atomic E-state index is 6.17. The first-order chi connectivity index (χ1) is 6.68. The van der Waals surface area contributed by atoms with E-state index in [1.807, 2.05) is 6.07 Å². The van der Waals surface area contributed by atoms with Gasteiger partial charge in [-0.05, 0) is 56.0 Å². The van der Waals surface area contributed by atoms with Gasteiger partial charge in [0.2, 0.25) is 0 Å². The van der Waals surface area contributed by atoms with Gasteiger partial charge in [0.1, 0.15) is 0 Å². The SMILES string of the molecule is Cc1cc(Cl)c(C)c(C2CCCN2)c1. The fourth-order valence-electron chi connectivity index (χ4n) is 2.15. The number of halogens is 1. The van der Waals surface area contributed by atoms with E-state index in [9.17, 15) is 0 Å². The second kappa shape index (κ2) is 3.92. The van der Waals surface area contributed by atoms with Crippen LogP contribution in [0.4, 0.5) is 0 Å². The summed E-state index contributed by atoms with van der Waals surface area (Å²) >= 11 is 6.17. The number of nitrogens with one attached hydrogen (secondary N) is 1. The summed E-state index contributed by atoms with van der Waals surface area (Å²) in [6.07, 6.45) is 2.51. The van der Waals surface area contributed by atoms with E-state index in [1.54, 1.807) is 0 Å². The average Bonchev–Trinajstić information content (AvgIpc) is 2.63. The number of hydrogen-bond donors (Lipinski definition) is 1. The minimum Gasteiger partial charge on any atom is -0.310 e. The summed E-state index contributed by atoms with van der Waals surface area (Å²) in [5, 5.41) is 4.41. The van der Waals surface area contributed by atoms with Crippen molar-refractivity contribution in [1.82, 2.24) is 5.32 Å². The summed E-state index contributed by atoms with van der Waals surface area (Å²) in [5.74, 6) is 0. The van der Waals surface area contributed by atoms with Crippen molar-refractivity contribution in [3.63, 3.8) is 0 Å². The number of hydrogen-bond acceptors (Lipinski definition) is 1. The van der Waals surface area contributed by atoms with E-state index in [0.717, 1.165) is 11.6 Å². The molecule has 1 N–H and O–H groups in total. The van der Waals surface area contributed by atoms with Crippen molar-refractivity contribution in [3.8, 4) is 0 Å². The van der Waals surface area contributed by atoms with Crippen LogP contribution in [0.5, 0.6) is 0 Å². The summed E-state index contributed by atoms with van der Waals surface area (Å²) in [5.41, 5.74) is 3.87. The molecule has 1 atom stereocenters.